The highest BCUT2D eigenvalue weighted by molar-refractivity contribution is 5.25. The number of benzene rings is 1. The number of hydrogen-bond acceptors (Lipinski definition) is 2. The van der Waals surface area contributed by atoms with Gasteiger partial charge in [-0.3, -0.25) is 4.90 Å². The fourth-order valence-electron chi connectivity index (χ4n) is 1.51. The number of nitrogens with one attached hydrogen (secondary N) is 1. The van der Waals surface area contributed by atoms with Crippen molar-refractivity contribution in [2.24, 2.45) is 0 Å². The first-order chi connectivity index (χ1) is 7.54. The maximum absolute atomic E-state index is 13.6. The van der Waals surface area contributed by atoms with E-state index in [1.54, 1.807) is 6.07 Å². The summed E-state index contributed by atoms with van der Waals surface area (Å²) in [5, 5.41) is 3.07. The molecule has 0 atom stereocenters. The van der Waals surface area contributed by atoms with Crippen LogP contribution < -0.4 is 5.32 Å². The molecule has 0 aliphatic rings. The van der Waals surface area contributed by atoms with Crippen molar-refractivity contribution < 1.29 is 4.39 Å². The summed E-state index contributed by atoms with van der Waals surface area (Å²) in [4.78, 5) is 2.13. The molecule has 0 aliphatic heterocycles. The van der Waals surface area contributed by atoms with E-state index < -0.39 is 0 Å². The average Bonchev–Trinajstić information content (AvgIpc) is 2.23. The van der Waals surface area contributed by atoms with E-state index >= 15 is 0 Å². The summed E-state index contributed by atoms with van der Waals surface area (Å²) in [5.41, 5.74) is 1.89. The second-order valence-corrected chi connectivity index (χ2v) is 4.46. The molecule has 0 fully saturated rings. The lowest BCUT2D eigenvalue weighted by molar-refractivity contribution is 0.262. The number of nitrogens with zero attached hydrogens (tertiary/aromatic N) is 1. The van der Waals surface area contributed by atoms with Gasteiger partial charge in [-0.1, -0.05) is 12.1 Å². The van der Waals surface area contributed by atoms with Gasteiger partial charge >= 0.3 is 0 Å². The molecule has 0 spiro atoms. The van der Waals surface area contributed by atoms with Gasteiger partial charge in [0, 0.05) is 24.7 Å². The molecule has 0 unspecified atom stereocenters. The van der Waals surface area contributed by atoms with Gasteiger partial charge in [-0.05, 0) is 39.6 Å². The molecule has 3 heteroatoms. The lowest BCUT2D eigenvalue weighted by Gasteiger charge is -2.21. The summed E-state index contributed by atoms with van der Waals surface area (Å²) >= 11 is 0. The van der Waals surface area contributed by atoms with Crippen LogP contribution in [0.5, 0.6) is 0 Å². The standard InChI is InChI=1S/C13H21FN2/c1-10(2)16(4)9-12-7-11(8-15-3)5-6-13(12)14/h5-7,10,15H,8-9H2,1-4H3. The minimum atomic E-state index is -0.118. The SMILES string of the molecule is CNCc1ccc(F)c(CN(C)C(C)C)c1. The van der Waals surface area contributed by atoms with Gasteiger partial charge in [0.2, 0.25) is 0 Å². The van der Waals surface area contributed by atoms with Crippen LogP contribution in [0.15, 0.2) is 18.2 Å². The van der Waals surface area contributed by atoms with Gasteiger partial charge in [-0.25, -0.2) is 4.39 Å². The second kappa shape index (κ2) is 5.97. The Morgan fingerprint density at radius 1 is 1.38 bits per heavy atom. The van der Waals surface area contributed by atoms with E-state index in [1.165, 1.54) is 0 Å². The molecule has 90 valence electrons. The van der Waals surface area contributed by atoms with Gasteiger partial charge in [-0.2, -0.15) is 0 Å². The number of rotatable bonds is 5. The van der Waals surface area contributed by atoms with Crippen LogP contribution in [0.4, 0.5) is 4.39 Å². The van der Waals surface area contributed by atoms with Crippen molar-refractivity contribution in [1.82, 2.24) is 10.2 Å². The van der Waals surface area contributed by atoms with Crippen molar-refractivity contribution in [2.45, 2.75) is 33.0 Å². The molecule has 0 radical (unpaired) electrons. The van der Waals surface area contributed by atoms with Crippen LogP contribution in [-0.2, 0) is 13.1 Å². The normalized spacial score (nSPS) is 11.4. The smallest absolute Gasteiger partial charge is 0.127 e. The molecule has 0 heterocycles. The molecule has 0 saturated heterocycles. The highest BCUT2D eigenvalue weighted by atomic mass is 19.1. The Balaban J connectivity index is 2.81. The quantitative estimate of drug-likeness (QED) is 0.826. The van der Waals surface area contributed by atoms with Crippen molar-refractivity contribution in [3.63, 3.8) is 0 Å². The zero-order chi connectivity index (χ0) is 12.1. The fraction of sp³-hybridized carbons (Fsp3) is 0.538. The van der Waals surface area contributed by atoms with Gasteiger partial charge in [0.1, 0.15) is 5.82 Å². The molecule has 1 N–H and O–H groups in total. The minimum Gasteiger partial charge on any atom is -0.316 e. The summed E-state index contributed by atoms with van der Waals surface area (Å²) in [5.74, 6) is -0.118. The van der Waals surface area contributed by atoms with Crippen LogP contribution in [0.1, 0.15) is 25.0 Å². The van der Waals surface area contributed by atoms with Crippen molar-refractivity contribution in [3.8, 4) is 0 Å². The Morgan fingerprint density at radius 2 is 2.06 bits per heavy atom. The van der Waals surface area contributed by atoms with Crippen LogP contribution in [-0.4, -0.2) is 25.0 Å². The molecule has 0 aromatic heterocycles. The van der Waals surface area contributed by atoms with Crippen LogP contribution >= 0.6 is 0 Å². The van der Waals surface area contributed by atoms with Crippen LogP contribution in [0.3, 0.4) is 0 Å². The van der Waals surface area contributed by atoms with E-state index in [2.05, 4.69) is 24.1 Å². The van der Waals surface area contributed by atoms with Crippen LogP contribution in [0.2, 0.25) is 0 Å². The molecule has 0 amide bonds. The van der Waals surface area contributed by atoms with E-state index in [9.17, 15) is 4.39 Å². The molecule has 2 nitrogen and oxygen atoms in total. The first-order valence-electron chi connectivity index (χ1n) is 5.66. The van der Waals surface area contributed by atoms with Gasteiger partial charge < -0.3 is 5.32 Å². The zero-order valence-corrected chi connectivity index (χ0v) is 10.5. The first kappa shape index (κ1) is 13.1. The average molecular weight is 224 g/mol. The van der Waals surface area contributed by atoms with Crippen molar-refractivity contribution >= 4 is 0 Å². The monoisotopic (exact) mass is 224 g/mol. The Kier molecular flexibility index (Phi) is 4.90. The zero-order valence-electron chi connectivity index (χ0n) is 10.5. The molecule has 1 aromatic rings. The predicted octanol–water partition coefficient (Wildman–Crippen LogP) is 2.39. The maximum Gasteiger partial charge on any atom is 0.127 e. The topological polar surface area (TPSA) is 15.3 Å². The molecule has 16 heavy (non-hydrogen) atoms. The van der Waals surface area contributed by atoms with Crippen LogP contribution in [0, 0.1) is 5.82 Å². The molecular weight excluding hydrogens is 203 g/mol. The van der Waals surface area contributed by atoms with Crippen molar-refractivity contribution in [2.75, 3.05) is 14.1 Å². The molecule has 1 rings (SSSR count). The number of hydrogen-bond donors (Lipinski definition) is 1. The summed E-state index contributed by atoms with van der Waals surface area (Å²) in [7, 11) is 3.90. The number of halogens is 1. The Hall–Kier alpha value is -0.930. The molecule has 1 aromatic carbocycles. The summed E-state index contributed by atoms with van der Waals surface area (Å²) in [6.07, 6.45) is 0. The first-order valence-corrected chi connectivity index (χ1v) is 5.66. The Morgan fingerprint density at radius 3 is 2.62 bits per heavy atom. The summed E-state index contributed by atoms with van der Waals surface area (Å²) in [6.45, 7) is 5.64. The third-order valence-corrected chi connectivity index (χ3v) is 2.79. The second-order valence-electron chi connectivity index (χ2n) is 4.46. The van der Waals surface area contributed by atoms with Gasteiger partial charge in [0.25, 0.3) is 0 Å². The third-order valence-electron chi connectivity index (χ3n) is 2.79. The predicted molar refractivity (Wildman–Crippen MR) is 65.8 cm³/mol. The minimum absolute atomic E-state index is 0.118. The lowest BCUT2D eigenvalue weighted by atomic mass is 10.1. The van der Waals surface area contributed by atoms with Crippen molar-refractivity contribution in [1.29, 1.82) is 0 Å². The lowest BCUT2D eigenvalue weighted by Crippen LogP contribution is -2.26. The van der Waals surface area contributed by atoms with E-state index in [4.69, 9.17) is 0 Å². The fourth-order valence-corrected chi connectivity index (χ4v) is 1.51. The molecule has 0 aliphatic carbocycles. The van der Waals surface area contributed by atoms with E-state index in [1.807, 2.05) is 26.2 Å². The Bertz CT molecular complexity index is 337. The van der Waals surface area contributed by atoms with Gasteiger partial charge in [0.15, 0.2) is 0 Å². The van der Waals surface area contributed by atoms with Crippen molar-refractivity contribution in [3.05, 3.63) is 35.1 Å². The van der Waals surface area contributed by atoms with E-state index in [-0.39, 0.29) is 5.82 Å². The van der Waals surface area contributed by atoms with E-state index in [0.29, 0.717) is 12.6 Å². The van der Waals surface area contributed by atoms with E-state index in [0.717, 1.165) is 17.7 Å². The summed E-state index contributed by atoms with van der Waals surface area (Å²) in [6, 6.07) is 5.73. The van der Waals surface area contributed by atoms with Gasteiger partial charge in [0.05, 0.1) is 0 Å². The van der Waals surface area contributed by atoms with Crippen LogP contribution in [0.25, 0.3) is 0 Å². The third kappa shape index (κ3) is 3.58. The largest absolute Gasteiger partial charge is 0.316 e. The Labute approximate surface area is 97.5 Å². The molecule has 0 bridgehead atoms. The highest BCUT2D eigenvalue weighted by Gasteiger charge is 2.08. The highest BCUT2D eigenvalue weighted by Crippen LogP contribution is 2.13. The van der Waals surface area contributed by atoms with Gasteiger partial charge in [-0.15, -0.1) is 0 Å². The molecule has 0 saturated carbocycles. The molecular formula is C13H21FN2. The maximum atomic E-state index is 13.6. The summed E-state index contributed by atoms with van der Waals surface area (Å²) < 4.78 is 13.6.